The van der Waals surface area contributed by atoms with Crippen molar-refractivity contribution in [2.24, 2.45) is 0 Å². The molecule has 0 amide bonds. The molecule has 2 aromatic carbocycles. The number of nitrogens with zero attached hydrogens (tertiary/aromatic N) is 4. The molecule has 0 radical (unpaired) electrons. The van der Waals surface area contributed by atoms with E-state index in [1.807, 2.05) is 31.2 Å². The molecule has 0 N–H and O–H groups in total. The van der Waals surface area contributed by atoms with Crippen molar-refractivity contribution in [3.8, 4) is 16.3 Å². The molecule has 4 aromatic rings. The number of thioether (sulfide) groups is 1. The zero-order valence-electron chi connectivity index (χ0n) is 18.5. The summed E-state index contributed by atoms with van der Waals surface area (Å²) in [5.74, 6) is 2.34. The minimum Gasteiger partial charge on any atom is -0.483 e. The van der Waals surface area contributed by atoms with Crippen molar-refractivity contribution >= 4 is 23.1 Å². The van der Waals surface area contributed by atoms with Gasteiger partial charge in [-0.2, -0.15) is 0 Å². The molecule has 0 saturated heterocycles. The van der Waals surface area contributed by atoms with Gasteiger partial charge in [0.05, 0.1) is 5.69 Å². The lowest BCUT2D eigenvalue weighted by atomic mass is 10.1. The third-order valence-electron chi connectivity index (χ3n) is 5.00. The number of aromatic nitrogens is 4. The smallest absolute Gasteiger partial charge is 0.192 e. The predicted molar refractivity (Wildman–Crippen MR) is 132 cm³/mol. The molecule has 0 aliphatic rings. The van der Waals surface area contributed by atoms with E-state index in [2.05, 4.69) is 70.9 Å². The summed E-state index contributed by atoms with van der Waals surface area (Å²) in [6.45, 7) is 10.7. The van der Waals surface area contributed by atoms with E-state index in [4.69, 9.17) is 9.72 Å². The lowest BCUT2D eigenvalue weighted by molar-refractivity contribution is 0.210. The fourth-order valence-electron chi connectivity index (χ4n) is 3.40. The van der Waals surface area contributed by atoms with Gasteiger partial charge in [0.15, 0.2) is 17.1 Å². The van der Waals surface area contributed by atoms with Gasteiger partial charge in [-0.1, -0.05) is 54.2 Å². The van der Waals surface area contributed by atoms with Crippen molar-refractivity contribution < 1.29 is 4.74 Å². The monoisotopic (exact) mass is 462 g/mol. The van der Waals surface area contributed by atoms with Crippen LogP contribution in [0.2, 0.25) is 0 Å². The first-order valence-corrected chi connectivity index (χ1v) is 12.3. The Labute approximate surface area is 197 Å². The minimum absolute atomic E-state index is 0.231. The highest BCUT2D eigenvalue weighted by molar-refractivity contribution is 7.98. The van der Waals surface area contributed by atoms with Crippen LogP contribution in [0.4, 0.5) is 0 Å². The summed E-state index contributed by atoms with van der Waals surface area (Å²) < 4.78 is 8.19. The van der Waals surface area contributed by atoms with Crippen LogP contribution in [0.25, 0.3) is 10.6 Å². The van der Waals surface area contributed by atoms with Gasteiger partial charge in [-0.3, -0.25) is 4.57 Å². The molecule has 32 heavy (non-hydrogen) atoms. The third kappa shape index (κ3) is 5.11. The van der Waals surface area contributed by atoms with Crippen LogP contribution in [0.5, 0.6) is 5.75 Å². The zero-order valence-corrected chi connectivity index (χ0v) is 20.1. The molecule has 1 unspecified atom stereocenters. The maximum Gasteiger partial charge on any atom is 0.192 e. The van der Waals surface area contributed by atoms with E-state index in [0.717, 1.165) is 38.7 Å². The van der Waals surface area contributed by atoms with Gasteiger partial charge in [0.2, 0.25) is 0 Å². The topological polar surface area (TPSA) is 52.8 Å². The molecule has 4 rings (SSSR count). The standard InChI is InChI=1S/C25H26N4OS2/c1-5-13-29-23(19(4)30-21-11-8-9-17(2)14-21)27-28-25(29)32-16-20-15-31-24(26-20)22-12-7-6-10-18(22)3/h5-12,14-15,19H,1,13,16H2,2-4H3. The first-order valence-electron chi connectivity index (χ1n) is 10.5. The van der Waals surface area contributed by atoms with E-state index in [9.17, 15) is 0 Å². The van der Waals surface area contributed by atoms with E-state index in [1.54, 1.807) is 23.1 Å². The summed E-state index contributed by atoms with van der Waals surface area (Å²) in [5.41, 5.74) is 4.62. The SMILES string of the molecule is C=CCn1c(SCc2csc(-c3ccccc3C)n2)nnc1C(C)Oc1cccc(C)c1. The third-order valence-corrected chi connectivity index (χ3v) is 6.92. The largest absolute Gasteiger partial charge is 0.483 e. The number of rotatable bonds is 9. The number of aryl methyl sites for hydroxylation is 2. The van der Waals surface area contributed by atoms with Crippen LogP contribution in [0.15, 0.2) is 71.7 Å². The van der Waals surface area contributed by atoms with Gasteiger partial charge < -0.3 is 4.74 Å². The van der Waals surface area contributed by atoms with Crippen LogP contribution in [0.3, 0.4) is 0 Å². The quantitative estimate of drug-likeness (QED) is 0.206. The Balaban J connectivity index is 1.48. The summed E-state index contributed by atoms with van der Waals surface area (Å²) in [6, 6.07) is 16.4. The van der Waals surface area contributed by atoms with Crippen molar-refractivity contribution in [1.29, 1.82) is 0 Å². The molecule has 1 atom stereocenters. The molecular weight excluding hydrogens is 436 g/mol. The molecule has 2 aromatic heterocycles. The van der Waals surface area contributed by atoms with E-state index in [1.165, 1.54) is 11.1 Å². The highest BCUT2D eigenvalue weighted by atomic mass is 32.2. The van der Waals surface area contributed by atoms with E-state index >= 15 is 0 Å². The van der Waals surface area contributed by atoms with Crippen molar-refractivity contribution in [3.63, 3.8) is 0 Å². The number of hydrogen-bond donors (Lipinski definition) is 0. The molecule has 2 heterocycles. The van der Waals surface area contributed by atoms with Crippen molar-refractivity contribution in [3.05, 3.63) is 89.2 Å². The molecule has 0 spiro atoms. The summed E-state index contributed by atoms with van der Waals surface area (Å²) in [4.78, 5) is 4.83. The lowest BCUT2D eigenvalue weighted by Gasteiger charge is -2.16. The van der Waals surface area contributed by atoms with Crippen LogP contribution in [-0.4, -0.2) is 19.7 Å². The lowest BCUT2D eigenvalue weighted by Crippen LogP contribution is -2.12. The van der Waals surface area contributed by atoms with Crippen LogP contribution in [0, 0.1) is 13.8 Å². The van der Waals surface area contributed by atoms with Gasteiger partial charge in [-0.25, -0.2) is 4.98 Å². The number of hydrogen-bond acceptors (Lipinski definition) is 6. The van der Waals surface area contributed by atoms with Crippen LogP contribution < -0.4 is 4.74 Å². The van der Waals surface area contributed by atoms with Gasteiger partial charge in [0.25, 0.3) is 0 Å². The van der Waals surface area contributed by atoms with Gasteiger partial charge in [-0.05, 0) is 44.0 Å². The molecular formula is C25H26N4OS2. The van der Waals surface area contributed by atoms with Gasteiger partial charge >= 0.3 is 0 Å². The number of benzene rings is 2. The van der Waals surface area contributed by atoms with Crippen molar-refractivity contribution in [2.45, 2.75) is 44.3 Å². The minimum atomic E-state index is -0.231. The Bertz CT molecular complexity index is 1210. The van der Waals surface area contributed by atoms with Gasteiger partial charge in [-0.15, -0.1) is 28.1 Å². The fraction of sp³-hybridized carbons (Fsp3) is 0.240. The second-order valence-electron chi connectivity index (χ2n) is 7.56. The average molecular weight is 463 g/mol. The normalized spacial score (nSPS) is 12.0. The molecule has 0 aliphatic heterocycles. The Morgan fingerprint density at radius 2 is 2.00 bits per heavy atom. The number of thiazole rings is 1. The van der Waals surface area contributed by atoms with Gasteiger partial charge in [0, 0.05) is 23.2 Å². The molecule has 164 valence electrons. The van der Waals surface area contributed by atoms with Gasteiger partial charge in [0.1, 0.15) is 10.8 Å². The summed E-state index contributed by atoms with van der Waals surface area (Å²) in [7, 11) is 0. The molecule has 0 saturated carbocycles. The van der Waals surface area contributed by atoms with Crippen LogP contribution >= 0.6 is 23.1 Å². The molecule has 5 nitrogen and oxygen atoms in total. The molecule has 0 aliphatic carbocycles. The maximum atomic E-state index is 6.13. The summed E-state index contributed by atoms with van der Waals surface area (Å²) in [6.07, 6.45) is 1.63. The zero-order chi connectivity index (χ0) is 22.5. The Morgan fingerprint density at radius 3 is 2.78 bits per heavy atom. The first-order chi connectivity index (χ1) is 15.5. The Kier molecular flexibility index (Phi) is 7.07. The predicted octanol–water partition coefficient (Wildman–Crippen LogP) is 6.64. The molecule has 0 bridgehead atoms. The highest BCUT2D eigenvalue weighted by Crippen LogP contribution is 2.30. The summed E-state index contributed by atoms with van der Waals surface area (Å²) in [5, 5.41) is 12.9. The first kappa shape index (κ1) is 22.3. The van der Waals surface area contributed by atoms with Crippen molar-refractivity contribution in [1.82, 2.24) is 19.7 Å². The second-order valence-corrected chi connectivity index (χ2v) is 9.36. The second kappa shape index (κ2) is 10.1. The van der Waals surface area contributed by atoms with E-state index in [0.29, 0.717) is 6.54 Å². The fourth-order valence-corrected chi connectivity index (χ4v) is 5.26. The van der Waals surface area contributed by atoms with Crippen LogP contribution in [-0.2, 0) is 12.3 Å². The van der Waals surface area contributed by atoms with Crippen molar-refractivity contribution in [2.75, 3.05) is 0 Å². The maximum absolute atomic E-state index is 6.13. The Hall–Kier alpha value is -2.90. The van der Waals surface area contributed by atoms with Crippen LogP contribution in [0.1, 0.15) is 35.7 Å². The highest BCUT2D eigenvalue weighted by Gasteiger charge is 2.19. The molecule has 7 heteroatoms. The van der Waals surface area contributed by atoms with E-state index < -0.39 is 0 Å². The summed E-state index contributed by atoms with van der Waals surface area (Å²) >= 11 is 3.31. The molecule has 0 fully saturated rings. The van der Waals surface area contributed by atoms with E-state index in [-0.39, 0.29) is 6.10 Å². The number of ether oxygens (including phenoxy) is 1. The Morgan fingerprint density at radius 1 is 1.16 bits per heavy atom. The number of allylic oxidation sites excluding steroid dienone is 1. The average Bonchev–Trinajstić information content (AvgIpc) is 3.40.